The number of hydrogen-bond acceptors (Lipinski definition) is 5. The molecule has 6 nitrogen and oxygen atoms in total. The summed E-state index contributed by atoms with van der Waals surface area (Å²) in [6.45, 7) is 0.866. The van der Waals surface area contributed by atoms with Gasteiger partial charge in [0.1, 0.15) is 11.6 Å². The first kappa shape index (κ1) is 13.9. The van der Waals surface area contributed by atoms with Gasteiger partial charge in [-0.3, -0.25) is 10.1 Å². The molecular weight excluding hydrogens is 234 g/mol. The van der Waals surface area contributed by atoms with E-state index < -0.39 is 4.92 Å². The number of nitro groups is 1. The zero-order valence-electron chi connectivity index (χ0n) is 9.93. The quantitative estimate of drug-likeness (QED) is 0.437. The SMILES string of the molecule is N#Cc1ccc(NCCCCCO)cc1[N+](=O)[O-]. The fourth-order valence-corrected chi connectivity index (χ4v) is 1.53. The summed E-state index contributed by atoms with van der Waals surface area (Å²) in [6, 6.07) is 6.25. The average Bonchev–Trinajstić information content (AvgIpc) is 2.38. The lowest BCUT2D eigenvalue weighted by Gasteiger charge is -2.06. The van der Waals surface area contributed by atoms with Gasteiger partial charge < -0.3 is 10.4 Å². The van der Waals surface area contributed by atoms with Crippen LogP contribution in [0.4, 0.5) is 11.4 Å². The van der Waals surface area contributed by atoms with Crippen molar-refractivity contribution in [2.75, 3.05) is 18.5 Å². The van der Waals surface area contributed by atoms with E-state index in [1.54, 1.807) is 12.1 Å². The normalized spacial score (nSPS) is 9.78. The van der Waals surface area contributed by atoms with Crippen LogP contribution in [0.1, 0.15) is 24.8 Å². The second kappa shape index (κ2) is 7.25. The van der Waals surface area contributed by atoms with Crippen molar-refractivity contribution in [3.8, 4) is 6.07 Å². The van der Waals surface area contributed by atoms with Crippen molar-refractivity contribution in [1.29, 1.82) is 5.26 Å². The zero-order chi connectivity index (χ0) is 13.4. The first-order valence-corrected chi connectivity index (χ1v) is 5.72. The first-order chi connectivity index (χ1) is 8.69. The third-order valence-electron chi connectivity index (χ3n) is 2.48. The Kier molecular flexibility index (Phi) is 5.61. The number of nitrogens with zero attached hydrogens (tertiary/aromatic N) is 2. The number of hydrogen-bond donors (Lipinski definition) is 2. The number of anilines is 1. The number of benzene rings is 1. The van der Waals surface area contributed by atoms with Gasteiger partial charge in [-0.2, -0.15) is 5.26 Å². The maximum Gasteiger partial charge on any atom is 0.289 e. The lowest BCUT2D eigenvalue weighted by Crippen LogP contribution is -2.03. The smallest absolute Gasteiger partial charge is 0.289 e. The Morgan fingerprint density at radius 3 is 2.78 bits per heavy atom. The third kappa shape index (κ3) is 4.03. The molecule has 2 N–H and O–H groups in total. The Hall–Kier alpha value is -2.13. The number of aliphatic hydroxyl groups is 1. The van der Waals surface area contributed by atoms with E-state index in [2.05, 4.69) is 5.32 Å². The molecule has 0 saturated carbocycles. The molecule has 0 unspecified atom stereocenters. The lowest BCUT2D eigenvalue weighted by atomic mass is 10.1. The summed E-state index contributed by atoms with van der Waals surface area (Å²) in [6.07, 6.45) is 2.55. The molecule has 0 spiro atoms. The van der Waals surface area contributed by atoms with Gasteiger partial charge in [-0.25, -0.2) is 0 Å². The maximum absolute atomic E-state index is 10.7. The lowest BCUT2D eigenvalue weighted by molar-refractivity contribution is -0.385. The van der Waals surface area contributed by atoms with Gasteiger partial charge in [-0.05, 0) is 31.4 Å². The summed E-state index contributed by atoms with van der Waals surface area (Å²) in [7, 11) is 0. The largest absolute Gasteiger partial charge is 0.396 e. The number of nitriles is 1. The Morgan fingerprint density at radius 2 is 2.17 bits per heavy atom. The van der Waals surface area contributed by atoms with Crippen LogP contribution in [0.5, 0.6) is 0 Å². The van der Waals surface area contributed by atoms with Gasteiger partial charge in [-0.15, -0.1) is 0 Å². The molecule has 0 aliphatic carbocycles. The van der Waals surface area contributed by atoms with Crippen molar-refractivity contribution in [2.24, 2.45) is 0 Å². The predicted octanol–water partition coefficient (Wildman–Crippen LogP) is 2.04. The molecule has 0 fully saturated rings. The second-order valence-electron chi connectivity index (χ2n) is 3.81. The van der Waals surface area contributed by atoms with Crippen LogP contribution in [0.3, 0.4) is 0 Å². The molecule has 0 atom stereocenters. The van der Waals surface area contributed by atoms with Gasteiger partial charge in [-0.1, -0.05) is 0 Å². The molecule has 0 saturated heterocycles. The van der Waals surface area contributed by atoms with Crippen molar-refractivity contribution >= 4 is 11.4 Å². The molecule has 0 radical (unpaired) electrons. The molecule has 0 aromatic heterocycles. The molecule has 0 aliphatic rings. The molecular formula is C12H15N3O3. The van der Waals surface area contributed by atoms with Gasteiger partial charge >= 0.3 is 0 Å². The average molecular weight is 249 g/mol. The van der Waals surface area contributed by atoms with Gasteiger partial charge in [0.15, 0.2) is 0 Å². The Morgan fingerprint density at radius 1 is 1.39 bits per heavy atom. The van der Waals surface area contributed by atoms with Gasteiger partial charge in [0.2, 0.25) is 0 Å². The van der Waals surface area contributed by atoms with E-state index in [1.165, 1.54) is 12.1 Å². The van der Waals surface area contributed by atoms with Crippen LogP contribution < -0.4 is 5.32 Å². The number of nitro benzene ring substituents is 1. The molecule has 1 rings (SSSR count). The number of rotatable bonds is 7. The van der Waals surface area contributed by atoms with Crippen LogP contribution in [-0.2, 0) is 0 Å². The van der Waals surface area contributed by atoms with Crippen LogP contribution in [0.2, 0.25) is 0 Å². The van der Waals surface area contributed by atoms with E-state index >= 15 is 0 Å². The zero-order valence-corrected chi connectivity index (χ0v) is 9.93. The Bertz CT molecular complexity index is 454. The highest BCUT2D eigenvalue weighted by Crippen LogP contribution is 2.22. The summed E-state index contributed by atoms with van der Waals surface area (Å²) >= 11 is 0. The number of unbranched alkanes of at least 4 members (excludes halogenated alkanes) is 2. The third-order valence-corrected chi connectivity index (χ3v) is 2.48. The molecule has 0 heterocycles. The van der Waals surface area contributed by atoms with E-state index in [9.17, 15) is 10.1 Å². The molecule has 1 aromatic rings. The summed E-state index contributed by atoms with van der Waals surface area (Å²) in [5.41, 5.74) is 0.508. The molecule has 6 heteroatoms. The van der Waals surface area contributed by atoms with Crippen LogP contribution in [0, 0.1) is 21.4 Å². The van der Waals surface area contributed by atoms with Crippen molar-refractivity contribution in [3.05, 3.63) is 33.9 Å². The summed E-state index contributed by atoms with van der Waals surface area (Å²) in [4.78, 5) is 10.2. The van der Waals surface area contributed by atoms with E-state index in [1.807, 2.05) is 0 Å². The summed E-state index contributed by atoms with van der Waals surface area (Å²) in [5.74, 6) is 0. The van der Waals surface area contributed by atoms with E-state index in [4.69, 9.17) is 10.4 Å². The topological polar surface area (TPSA) is 99.2 Å². The van der Waals surface area contributed by atoms with Crippen molar-refractivity contribution in [3.63, 3.8) is 0 Å². The van der Waals surface area contributed by atoms with Gasteiger partial charge in [0.25, 0.3) is 5.69 Å². The summed E-state index contributed by atoms with van der Waals surface area (Å²) in [5, 5.41) is 31.1. The fourth-order valence-electron chi connectivity index (χ4n) is 1.53. The maximum atomic E-state index is 10.7. The summed E-state index contributed by atoms with van der Waals surface area (Å²) < 4.78 is 0. The Balaban J connectivity index is 2.60. The first-order valence-electron chi connectivity index (χ1n) is 5.72. The van der Waals surface area contributed by atoms with Crippen molar-refractivity contribution in [2.45, 2.75) is 19.3 Å². The molecule has 0 amide bonds. The minimum Gasteiger partial charge on any atom is -0.396 e. The number of nitrogens with one attached hydrogen (secondary N) is 1. The van der Waals surface area contributed by atoms with E-state index in [0.717, 1.165) is 19.3 Å². The van der Waals surface area contributed by atoms with Crippen LogP contribution in [-0.4, -0.2) is 23.2 Å². The number of aliphatic hydroxyl groups excluding tert-OH is 1. The Labute approximate surface area is 105 Å². The monoisotopic (exact) mass is 249 g/mol. The minimum atomic E-state index is -0.560. The second-order valence-corrected chi connectivity index (χ2v) is 3.81. The van der Waals surface area contributed by atoms with E-state index in [0.29, 0.717) is 12.2 Å². The molecule has 1 aromatic carbocycles. The predicted molar refractivity (Wildman–Crippen MR) is 67.2 cm³/mol. The highest BCUT2D eigenvalue weighted by Gasteiger charge is 2.13. The molecule has 18 heavy (non-hydrogen) atoms. The standard InChI is InChI=1S/C12H15N3O3/c13-9-10-4-5-11(8-12(10)15(17)18)14-6-2-1-3-7-16/h4-5,8,14,16H,1-3,6-7H2. The van der Waals surface area contributed by atoms with Gasteiger partial charge in [0, 0.05) is 24.9 Å². The highest BCUT2D eigenvalue weighted by atomic mass is 16.6. The van der Waals surface area contributed by atoms with E-state index in [-0.39, 0.29) is 17.9 Å². The molecule has 96 valence electrons. The van der Waals surface area contributed by atoms with Crippen LogP contribution >= 0.6 is 0 Å². The molecule has 0 aliphatic heterocycles. The highest BCUT2D eigenvalue weighted by molar-refractivity contribution is 5.59. The van der Waals surface area contributed by atoms with Crippen LogP contribution in [0.15, 0.2) is 18.2 Å². The minimum absolute atomic E-state index is 0.0610. The van der Waals surface area contributed by atoms with Crippen molar-refractivity contribution in [1.82, 2.24) is 0 Å². The van der Waals surface area contributed by atoms with Gasteiger partial charge in [0.05, 0.1) is 4.92 Å². The molecule has 0 bridgehead atoms. The van der Waals surface area contributed by atoms with Crippen LogP contribution in [0.25, 0.3) is 0 Å². The fraction of sp³-hybridized carbons (Fsp3) is 0.417. The van der Waals surface area contributed by atoms with Crippen molar-refractivity contribution < 1.29 is 10.0 Å².